The molecule has 0 unspecified atom stereocenters. The maximum absolute atomic E-state index is 2.68. The van der Waals surface area contributed by atoms with Crippen LogP contribution in [-0.4, -0.2) is 6.71 Å². The number of aryl methyl sites for hydroxylation is 3. The number of nitrogens with zero attached hydrogens (tertiary/aromatic N) is 3. The molecule has 4 aliphatic rings. The number of hydrogen-bond acceptors (Lipinski definition) is 3. The minimum absolute atomic E-state index is 0.0151. The largest absolute Gasteiger partial charge is 0.311 e. The molecular formula is C64H70BN3. The quantitative estimate of drug-likeness (QED) is 0.159. The fraction of sp³-hybridized carbons (Fsp3) is 0.344. The number of anilines is 9. The van der Waals surface area contributed by atoms with E-state index in [1.165, 1.54) is 101 Å². The lowest BCUT2D eigenvalue weighted by Gasteiger charge is -2.47. The molecule has 68 heavy (non-hydrogen) atoms. The van der Waals surface area contributed by atoms with E-state index in [0.717, 1.165) is 29.9 Å². The highest BCUT2D eigenvalue weighted by molar-refractivity contribution is 7.00. The van der Waals surface area contributed by atoms with Crippen molar-refractivity contribution in [3.8, 4) is 0 Å². The lowest BCUT2D eigenvalue weighted by molar-refractivity contribution is 0.332. The van der Waals surface area contributed by atoms with Gasteiger partial charge in [0.2, 0.25) is 0 Å². The van der Waals surface area contributed by atoms with Crippen LogP contribution in [0.25, 0.3) is 0 Å². The summed E-state index contributed by atoms with van der Waals surface area (Å²) in [4.78, 5) is 7.78. The van der Waals surface area contributed by atoms with Gasteiger partial charge in [-0.3, -0.25) is 0 Å². The van der Waals surface area contributed by atoms with E-state index in [1.54, 1.807) is 0 Å². The van der Waals surface area contributed by atoms with E-state index in [1.807, 2.05) is 0 Å². The Balaban J connectivity index is 1.25. The Morgan fingerprint density at radius 2 is 0.941 bits per heavy atom. The van der Waals surface area contributed by atoms with Gasteiger partial charge in [-0.25, -0.2) is 0 Å². The third kappa shape index (κ3) is 6.82. The maximum Gasteiger partial charge on any atom is 0.252 e. The molecule has 3 nitrogen and oxygen atoms in total. The maximum atomic E-state index is 2.68. The minimum atomic E-state index is 0.0151. The molecule has 0 fully saturated rings. The Hall–Kier alpha value is -6.00. The van der Waals surface area contributed by atoms with Gasteiger partial charge < -0.3 is 14.7 Å². The molecule has 2 aliphatic carbocycles. The van der Waals surface area contributed by atoms with Gasteiger partial charge in [0.25, 0.3) is 6.71 Å². The summed E-state index contributed by atoms with van der Waals surface area (Å²) in [6.07, 6.45) is 3.47. The molecule has 4 heteroatoms. The zero-order chi connectivity index (χ0) is 48.0. The van der Waals surface area contributed by atoms with E-state index in [0.29, 0.717) is 0 Å². The van der Waals surface area contributed by atoms with Crippen LogP contribution in [0.2, 0.25) is 0 Å². The van der Waals surface area contributed by atoms with E-state index in [-0.39, 0.29) is 33.8 Å². The zero-order valence-electron chi connectivity index (χ0n) is 43.2. The van der Waals surface area contributed by atoms with E-state index >= 15 is 0 Å². The van der Waals surface area contributed by atoms with Crippen LogP contribution in [0.3, 0.4) is 0 Å². The first kappa shape index (κ1) is 44.5. The molecule has 7 aromatic carbocycles. The van der Waals surface area contributed by atoms with Crippen LogP contribution in [0, 0.1) is 20.8 Å². The summed E-state index contributed by atoms with van der Waals surface area (Å²) in [6.45, 7) is 33.7. The van der Waals surface area contributed by atoms with Gasteiger partial charge in [0, 0.05) is 51.2 Å². The Kier molecular flexibility index (Phi) is 9.82. The highest BCUT2D eigenvalue weighted by Crippen LogP contribution is 2.55. The second-order valence-corrected chi connectivity index (χ2v) is 24.7. The molecular weight excluding hydrogens is 822 g/mol. The number of rotatable bonds is 5. The molecule has 0 radical (unpaired) electrons. The van der Waals surface area contributed by atoms with Crippen molar-refractivity contribution in [3.63, 3.8) is 0 Å². The SMILES string of the molecule is Cc1cc2c3c(c1)N(c1ccc(C(C)(C)C)cc1C)c1cc4c(cc1B3c1ccc(N(c3ccccc3)c3ccccc3)cc1N2c1cc2c(cc1C)C(C)(C)CCC2(C)C)C(C)(C)CC4(C)C. The Morgan fingerprint density at radius 3 is 1.51 bits per heavy atom. The second-order valence-electron chi connectivity index (χ2n) is 24.7. The third-order valence-corrected chi connectivity index (χ3v) is 16.7. The van der Waals surface area contributed by atoms with Gasteiger partial charge in [-0.1, -0.05) is 143 Å². The topological polar surface area (TPSA) is 9.72 Å². The predicted octanol–water partition coefficient (Wildman–Crippen LogP) is 15.8. The Morgan fingerprint density at radius 1 is 0.441 bits per heavy atom. The molecule has 7 aromatic rings. The van der Waals surface area contributed by atoms with Crippen molar-refractivity contribution in [2.75, 3.05) is 14.7 Å². The van der Waals surface area contributed by atoms with Crippen LogP contribution >= 0.6 is 0 Å². The normalized spacial score (nSPS) is 17.8. The van der Waals surface area contributed by atoms with E-state index in [4.69, 9.17) is 0 Å². The zero-order valence-corrected chi connectivity index (χ0v) is 43.2. The van der Waals surface area contributed by atoms with Gasteiger partial charge in [0.1, 0.15) is 0 Å². The summed E-state index contributed by atoms with van der Waals surface area (Å²) in [6, 6.07) is 51.8. The van der Waals surface area contributed by atoms with Crippen LogP contribution < -0.4 is 31.1 Å². The fourth-order valence-electron chi connectivity index (χ4n) is 13.2. The molecule has 0 atom stereocenters. The van der Waals surface area contributed by atoms with Crippen molar-refractivity contribution >= 4 is 74.3 Å². The molecule has 0 aromatic heterocycles. The molecule has 2 heterocycles. The standard InChI is InChI=1S/C64H70BN3/c1-40-31-57-59-58(32-40)68(54-37-49-47(34-42(54)3)61(7,8)29-30-62(49,9)10)55-35-46(66(44-21-17-15-18-22-44)45-23-19-16-20-24-45)26-27-51(55)65(59)52-36-48-50(64(13,14)39-63(48,11)12)38-56(52)67(57)53-28-25-43(33-41(53)2)60(4,5)6/h15-28,31-38H,29-30,39H2,1-14H3. The molecule has 0 spiro atoms. The summed E-state index contributed by atoms with van der Waals surface area (Å²) in [7, 11) is 0. The molecule has 2 aliphatic heterocycles. The Bertz CT molecular complexity index is 3140. The number of benzene rings is 7. The molecule has 0 N–H and O–H groups in total. The van der Waals surface area contributed by atoms with Crippen LogP contribution in [-0.2, 0) is 27.1 Å². The first-order valence-corrected chi connectivity index (χ1v) is 25.3. The van der Waals surface area contributed by atoms with Gasteiger partial charge in [-0.05, 0) is 195 Å². The van der Waals surface area contributed by atoms with Crippen molar-refractivity contribution in [3.05, 3.63) is 178 Å². The average Bonchev–Trinajstić information content (AvgIpc) is 3.46. The lowest BCUT2D eigenvalue weighted by atomic mass is 9.33. The van der Waals surface area contributed by atoms with Crippen molar-refractivity contribution in [2.45, 2.75) is 143 Å². The summed E-state index contributed by atoms with van der Waals surface area (Å²) in [5.74, 6) is 0. The van der Waals surface area contributed by atoms with Crippen LogP contribution in [0.15, 0.2) is 133 Å². The monoisotopic (exact) mass is 892 g/mol. The molecule has 0 saturated heterocycles. The highest BCUT2D eigenvalue weighted by atomic mass is 15.2. The van der Waals surface area contributed by atoms with Crippen molar-refractivity contribution in [1.82, 2.24) is 0 Å². The lowest BCUT2D eigenvalue weighted by Crippen LogP contribution is -2.61. The Labute approximate surface area is 408 Å². The summed E-state index contributed by atoms with van der Waals surface area (Å²) < 4.78 is 0. The van der Waals surface area contributed by atoms with Crippen molar-refractivity contribution < 1.29 is 0 Å². The minimum Gasteiger partial charge on any atom is -0.311 e. The highest BCUT2D eigenvalue weighted by Gasteiger charge is 2.49. The van der Waals surface area contributed by atoms with E-state index in [2.05, 4.69) is 245 Å². The summed E-state index contributed by atoms with van der Waals surface area (Å²) >= 11 is 0. The summed E-state index contributed by atoms with van der Waals surface area (Å²) in [5.41, 5.74) is 26.7. The molecule has 0 bridgehead atoms. The number of fused-ring (bicyclic) bond motifs is 6. The first-order chi connectivity index (χ1) is 32.1. The molecule has 344 valence electrons. The number of hydrogen-bond donors (Lipinski definition) is 0. The molecule has 11 rings (SSSR count). The van der Waals surface area contributed by atoms with Gasteiger partial charge in [0.15, 0.2) is 0 Å². The predicted molar refractivity (Wildman–Crippen MR) is 294 cm³/mol. The summed E-state index contributed by atoms with van der Waals surface area (Å²) in [5, 5.41) is 0. The van der Waals surface area contributed by atoms with Gasteiger partial charge in [-0.15, -0.1) is 0 Å². The first-order valence-electron chi connectivity index (χ1n) is 25.3. The molecule has 0 saturated carbocycles. The van der Waals surface area contributed by atoms with E-state index < -0.39 is 0 Å². The third-order valence-electron chi connectivity index (χ3n) is 16.7. The smallest absolute Gasteiger partial charge is 0.252 e. The van der Waals surface area contributed by atoms with Crippen LogP contribution in [0.4, 0.5) is 51.2 Å². The van der Waals surface area contributed by atoms with Gasteiger partial charge in [-0.2, -0.15) is 0 Å². The fourth-order valence-corrected chi connectivity index (χ4v) is 13.2. The molecule has 0 amide bonds. The van der Waals surface area contributed by atoms with E-state index in [9.17, 15) is 0 Å². The second kappa shape index (κ2) is 15.0. The van der Waals surface area contributed by atoms with Crippen molar-refractivity contribution in [2.24, 2.45) is 0 Å². The van der Waals surface area contributed by atoms with Gasteiger partial charge >= 0.3 is 0 Å². The van der Waals surface area contributed by atoms with Crippen LogP contribution in [0.5, 0.6) is 0 Å². The van der Waals surface area contributed by atoms with Gasteiger partial charge in [0.05, 0.1) is 0 Å². The number of para-hydroxylation sites is 2. The average molecular weight is 892 g/mol. The van der Waals surface area contributed by atoms with Crippen molar-refractivity contribution in [1.29, 1.82) is 0 Å². The van der Waals surface area contributed by atoms with Crippen LogP contribution in [0.1, 0.15) is 140 Å².